The van der Waals surface area contributed by atoms with E-state index in [9.17, 15) is 39.6 Å². The molecule has 9 atom stereocenters. The molecule has 0 aromatic carbocycles. The number of alkyl halides is 2. The molecule has 0 spiro atoms. The summed E-state index contributed by atoms with van der Waals surface area (Å²) in [6, 6.07) is 0. The number of aliphatic carboxylic acids is 2. The van der Waals surface area contributed by atoms with Gasteiger partial charge in [-0.2, -0.15) is 0 Å². The molecule has 4 N–H and O–H groups in total. The highest BCUT2D eigenvalue weighted by atomic mass is 35.5. The molecule has 8 nitrogen and oxygen atoms in total. The minimum Gasteiger partial charge on any atom is -0.481 e. The van der Waals surface area contributed by atoms with Gasteiger partial charge in [-0.15, -0.1) is 11.6 Å². The highest BCUT2D eigenvalue weighted by Crippen LogP contribution is 2.75. The smallest absolute Gasteiger partial charge is 0.303 e. The lowest BCUT2D eigenvalue weighted by atomic mass is 9.37. The van der Waals surface area contributed by atoms with Crippen LogP contribution in [0.2, 0.25) is 0 Å². The summed E-state index contributed by atoms with van der Waals surface area (Å²) in [5.41, 5.74) is -3.97. The van der Waals surface area contributed by atoms with E-state index in [2.05, 4.69) is 0 Å². The second-order valence-electron chi connectivity index (χ2n) is 13.2. The number of halogens is 2. The van der Waals surface area contributed by atoms with Crippen molar-refractivity contribution in [2.45, 2.75) is 96.9 Å². The van der Waals surface area contributed by atoms with Gasteiger partial charge >= 0.3 is 11.9 Å². The third-order valence-electron chi connectivity index (χ3n) is 12.0. The van der Waals surface area contributed by atoms with Crippen molar-refractivity contribution >= 4 is 35.1 Å². The number of Topliss-reactive ketones (excluding diaryl/α,β-unsaturated/α-hetero) is 2. The van der Waals surface area contributed by atoms with Crippen LogP contribution in [0.25, 0.3) is 0 Å². The second kappa shape index (κ2) is 9.51. The second-order valence-corrected chi connectivity index (χ2v) is 13.4. The number of ketones is 2. The molecule has 0 aromatic rings. The van der Waals surface area contributed by atoms with Crippen LogP contribution in [-0.2, 0) is 19.2 Å². The first-order valence-electron chi connectivity index (χ1n) is 13.7. The van der Waals surface area contributed by atoms with E-state index >= 15 is 4.39 Å². The van der Waals surface area contributed by atoms with Gasteiger partial charge in [-0.25, -0.2) is 4.39 Å². The number of rotatable bonds is 8. The Morgan fingerprint density at radius 2 is 1.61 bits per heavy atom. The minimum atomic E-state index is -2.62. The van der Waals surface area contributed by atoms with Crippen molar-refractivity contribution in [2.75, 3.05) is 5.88 Å². The van der Waals surface area contributed by atoms with Gasteiger partial charge in [-0.3, -0.25) is 19.2 Å². The molecule has 0 aliphatic heterocycles. The van der Waals surface area contributed by atoms with Crippen molar-refractivity contribution in [1.82, 2.24) is 0 Å². The van der Waals surface area contributed by atoms with Crippen molar-refractivity contribution in [3.63, 3.8) is 0 Å². The quantitative estimate of drug-likeness (QED) is 0.258. The van der Waals surface area contributed by atoms with Crippen molar-refractivity contribution in [2.24, 2.45) is 45.3 Å². The highest BCUT2D eigenvalue weighted by Gasteiger charge is 2.74. The molecule has 0 amide bonds. The largest absolute Gasteiger partial charge is 0.481 e. The van der Waals surface area contributed by atoms with Gasteiger partial charge in [0.15, 0.2) is 11.6 Å². The number of aliphatic hydroxyl groups is 2. The van der Waals surface area contributed by atoms with Crippen LogP contribution in [0.1, 0.15) is 85.0 Å². The summed E-state index contributed by atoms with van der Waals surface area (Å²) in [5.74, 6) is -6.77. The summed E-state index contributed by atoms with van der Waals surface area (Å²) < 4.78 is 16.5. The molecule has 0 heterocycles. The summed E-state index contributed by atoms with van der Waals surface area (Å²) >= 11 is 6.10. The average molecular weight is 559 g/mol. The molecular weight excluding hydrogens is 519 g/mol. The maximum Gasteiger partial charge on any atom is 0.303 e. The Morgan fingerprint density at radius 1 is 1.00 bits per heavy atom. The Kier molecular flexibility index (Phi) is 7.36. The SMILES string of the molecule is C[C@H]1C[C@H]2[C@@H]3C[C@@H](F)C4(CCC(=O)O)CC(=O)C(O)(O)C[C@]4(C)[C@H]3CC[C@]2(C)[C@@]1(CCC(=O)O)C(=O)CCl. The zero-order valence-electron chi connectivity index (χ0n) is 22.3. The molecular formula is C28H40ClFO8. The van der Waals surface area contributed by atoms with Gasteiger partial charge in [-0.05, 0) is 73.0 Å². The van der Waals surface area contributed by atoms with E-state index in [0.717, 1.165) is 0 Å². The third-order valence-corrected chi connectivity index (χ3v) is 12.2. The number of carboxylic acids is 2. The van der Waals surface area contributed by atoms with E-state index in [-0.39, 0.29) is 73.9 Å². The molecule has 4 aliphatic rings. The third kappa shape index (κ3) is 3.89. The first-order valence-corrected chi connectivity index (χ1v) is 14.2. The molecule has 4 saturated carbocycles. The highest BCUT2D eigenvalue weighted by molar-refractivity contribution is 6.28. The maximum atomic E-state index is 16.5. The lowest BCUT2D eigenvalue weighted by Crippen LogP contribution is -2.68. The van der Waals surface area contributed by atoms with Gasteiger partial charge in [0.2, 0.25) is 5.79 Å². The molecule has 214 valence electrons. The van der Waals surface area contributed by atoms with Gasteiger partial charge in [0.05, 0.1) is 5.88 Å². The predicted octanol–water partition coefficient (Wildman–Crippen LogP) is 3.98. The molecule has 4 aliphatic carbocycles. The Morgan fingerprint density at radius 3 is 2.18 bits per heavy atom. The molecule has 4 rings (SSSR count). The monoisotopic (exact) mass is 558 g/mol. The van der Waals surface area contributed by atoms with Gasteiger partial charge in [-0.1, -0.05) is 20.8 Å². The minimum absolute atomic E-state index is 0.0728. The van der Waals surface area contributed by atoms with Gasteiger partial charge in [0, 0.05) is 36.5 Å². The van der Waals surface area contributed by atoms with E-state index < -0.39 is 57.8 Å². The fraction of sp³-hybridized carbons (Fsp3) is 0.857. The summed E-state index contributed by atoms with van der Waals surface area (Å²) in [6.07, 6.45) is -1.01. The number of fused-ring (bicyclic) bond motifs is 5. The van der Waals surface area contributed by atoms with Gasteiger partial charge in [0.25, 0.3) is 0 Å². The molecule has 0 saturated heterocycles. The normalized spacial score (nSPS) is 45.6. The van der Waals surface area contributed by atoms with Crippen molar-refractivity contribution in [1.29, 1.82) is 0 Å². The van der Waals surface area contributed by atoms with Crippen LogP contribution in [0.3, 0.4) is 0 Å². The fourth-order valence-corrected chi connectivity index (χ4v) is 10.5. The van der Waals surface area contributed by atoms with Gasteiger partial charge in [0.1, 0.15) is 6.17 Å². The van der Waals surface area contributed by atoms with E-state index in [1.54, 1.807) is 6.92 Å². The van der Waals surface area contributed by atoms with Crippen LogP contribution in [0.15, 0.2) is 0 Å². The van der Waals surface area contributed by atoms with Crippen molar-refractivity contribution in [3.8, 4) is 0 Å². The predicted molar refractivity (Wildman–Crippen MR) is 135 cm³/mol. The zero-order valence-corrected chi connectivity index (χ0v) is 23.1. The molecule has 0 bridgehead atoms. The van der Waals surface area contributed by atoms with E-state index in [1.165, 1.54) is 0 Å². The maximum absolute atomic E-state index is 16.5. The molecule has 4 fully saturated rings. The Balaban J connectivity index is 1.80. The first kappa shape index (κ1) is 29.4. The number of carboxylic acid groups (broad SMARTS) is 2. The van der Waals surface area contributed by atoms with Crippen LogP contribution in [-0.4, -0.2) is 61.8 Å². The van der Waals surface area contributed by atoms with Crippen molar-refractivity contribution < 1.29 is 44.0 Å². The van der Waals surface area contributed by atoms with Crippen molar-refractivity contribution in [3.05, 3.63) is 0 Å². The number of carbonyl (C=O) groups excluding carboxylic acids is 2. The van der Waals surface area contributed by atoms with Crippen LogP contribution < -0.4 is 0 Å². The molecule has 0 aromatic heterocycles. The molecule has 38 heavy (non-hydrogen) atoms. The van der Waals surface area contributed by atoms with Crippen LogP contribution in [0, 0.1) is 45.3 Å². The van der Waals surface area contributed by atoms with Crippen LogP contribution >= 0.6 is 11.6 Å². The van der Waals surface area contributed by atoms with E-state index in [4.69, 9.17) is 11.6 Å². The number of hydrogen-bond acceptors (Lipinski definition) is 6. The average Bonchev–Trinajstić information content (AvgIpc) is 3.05. The Labute approximate surface area is 227 Å². The molecule has 10 heteroatoms. The Hall–Kier alpha value is -1.58. The lowest BCUT2D eigenvalue weighted by Gasteiger charge is -2.67. The summed E-state index contributed by atoms with van der Waals surface area (Å²) in [4.78, 5) is 49.3. The lowest BCUT2D eigenvalue weighted by molar-refractivity contribution is -0.265. The van der Waals surface area contributed by atoms with Crippen LogP contribution in [0.5, 0.6) is 0 Å². The number of carbonyl (C=O) groups is 4. The van der Waals surface area contributed by atoms with E-state index in [1.807, 2.05) is 13.8 Å². The summed E-state index contributed by atoms with van der Waals surface area (Å²) in [6.45, 7) is 5.75. The fourth-order valence-electron chi connectivity index (χ4n) is 10.3. The number of hydrogen-bond donors (Lipinski definition) is 4. The molecule has 0 radical (unpaired) electrons. The van der Waals surface area contributed by atoms with Crippen LogP contribution in [0.4, 0.5) is 4.39 Å². The van der Waals surface area contributed by atoms with Gasteiger partial charge < -0.3 is 20.4 Å². The summed E-state index contributed by atoms with van der Waals surface area (Å²) in [7, 11) is 0. The topological polar surface area (TPSA) is 149 Å². The molecule has 1 unspecified atom stereocenters. The van der Waals surface area contributed by atoms with E-state index in [0.29, 0.717) is 19.3 Å². The zero-order chi connectivity index (χ0) is 28.5. The Bertz CT molecular complexity index is 1030. The first-order chi connectivity index (χ1) is 17.5. The summed E-state index contributed by atoms with van der Waals surface area (Å²) in [5, 5.41) is 40.2. The standard InChI is InChI=1S/C28H40ClFO8/c1-15-10-18-16-11-19(30)26(8-5-22(33)34)12-20(31)28(37,38)14-25(26,3)17(16)4-7-24(18,2)27(15,21(32)13-29)9-6-23(35)36/h15-19,37-38H,4-14H2,1-3H3,(H,33,34)(H,35,36)/t15-,16+,17-,18-,19+,24-,25+,26?,27+/m0/s1.